The molecule has 0 aliphatic rings. The summed E-state index contributed by atoms with van der Waals surface area (Å²) in [6.45, 7) is 5.58. The Bertz CT molecular complexity index is 1370. The van der Waals surface area contributed by atoms with Gasteiger partial charge in [0.25, 0.3) is 5.91 Å². The molecule has 0 saturated carbocycles. The Kier molecular flexibility index (Phi) is 7.25. The van der Waals surface area contributed by atoms with Crippen LogP contribution >= 0.6 is 11.8 Å². The fourth-order valence-corrected chi connectivity index (χ4v) is 4.33. The third kappa shape index (κ3) is 6.19. The van der Waals surface area contributed by atoms with Crippen molar-refractivity contribution in [1.82, 2.24) is 25.0 Å². The van der Waals surface area contributed by atoms with Crippen LogP contribution in [0.5, 0.6) is 5.75 Å². The van der Waals surface area contributed by atoms with E-state index >= 15 is 0 Å². The van der Waals surface area contributed by atoms with Gasteiger partial charge in [-0.3, -0.25) is 4.79 Å². The molecular formula is C24H21F3N6O2S. The van der Waals surface area contributed by atoms with Crippen molar-refractivity contribution in [3.8, 4) is 11.4 Å². The maximum atomic E-state index is 13.1. The summed E-state index contributed by atoms with van der Waals surface area (Å²) in [6.07, 6.45) is -4.80. The number of benzene rings is 2. The van der Waals surface area contributed by atoms with Crippen LogP contribution in [0.15, 0.2) is 59.8 Å². The van der Waals surface area contributed by atoms with Crippen LogP contribution in [0.4, 0.5) is 18.9 Å². The van der Waals surface area contributed by atoms with Crippen molar-refractivity contribution in [2.45, 2.75) is 38.0 Å². The molecule has 4 rings (SSSR count). The highest BCUT2D eigenvalue weighted by Crippen LogP contribution is 2.27. The van der Waals surface area contributed by atoms with Crippen LogP contribution in [0.1, 0.15) is 33.1 Å². The van der Waals surface area contributed by atoms with Crippen LogP contribution in [0.25, 0.3) is 5.69 Å². The molecule has 36 heavy (non-hydrogen) atoms. The summed E-state index contributed by atoms with van der Waals surface area (Å²) in [7, 11) is 0. The molecule has 0 radical (unpaired) electrons. The van der Waals surface area contributed by atoms with E-state index in [4.69, 9.17) is 0 Å². The van der Waals surface area contributed by atoms with Gasteiger partial charge in [0.15, 0.2) is 10.9 Å². The molecule has 1 amide bonds. The lowest BCUT2D eigenvalue weighted by molar-refractivity contribution is -0.274. The van der Waals surface area contributed by atoms with E-state index in [0.29, 0.717) is 22.2 Å². The van der Waals surface area contributed by atoms with Crippen molar-refractivity contribution < 1.29 is 22.7 Å². The summed E-state index contributed by atoms with van der Waals surface area (Å²) in [5.41, 5.74) is 4.01. The second-order valence-corrected chi connectivity index (χ2v) is 8.77. The summed E-state index contributed by atoms with van der Waals surface area (Å²) in [5.74, 6) is -0.610. The van der Waals surface area contributed by atoms with E-state index in [9.17, 15) is 18.0 Å². The van der Waals surface area contributed by atoms with Crippen molar-refractivity contribution in [1.29, 1.82) is 0 Å². The molecule has 2 aromatic carbocycles. The fourth-order valence-electron chi connectivity index (χ4n) is 3.39. The Labute approximate surface area is 208 Å². The Hall–Kier alpha value is -3.93. The van der Waals surface area contributed by atoms with Gasteiger partial charge in [-0.05, 0) is 62.7 Å². The number of hydrogen-bond acceptors (Lipinski definition) is 7. The molecule has 0 unspecified atom stereocenters. The number of nitrogens with zero attached hydrogens (tertiary/aromatic N) is 5. The van der Waals surface area contributed by atoms with Crippen molar-refractivity contribution in [3.05, 3.63) is 82.9 Å². The SMILES string of the molecule is Cc1cc(C)nc(SCc2c(C(=O)Nc3ccccc3C)nnn2-c2ccc(OC(F)(F)F)cc2)n1. The average molecular weight is 515 g/mol. The van der Waals surface area contributed by atoms with E-state index < -0.39 is 12.3 Å². The number of aryl methyl sites for hydroxylation is 3. The molecule has 0 spiro atoms. The average Bonchev–Trinajstić information content (AvgIpc) is 3.22. The van der Waals surface area contributed by atoms with Crippen LogP contribution in [-0.4, -0.2) is 37.2 Å². The number of amides is 1. The smallest absolute Gasteiger partial charge is 0.406 e. The van der Waals surface area contributed by atoms with Gasteiger partial charge in [-0.15, -0.1) is 18.3 Å². The quantitative estimate of drug-likeness (QED) is 0.260. The molecular weight excluding hydrogens is 493 g/mol. The van der Waals surface area contributed by atoms with Crippen molar-refractivity contribution in [2.24, 2.45) is 0 Å². The molecule has 12 heteroatoms. The number of nitrogens with one attached hydrogen (secondary N) is 1. The van der Waals surface area contributed by atoms with Gasteiger partial charge in [0.2, 0.25) is 0 Å². The number of anilines is 1. The molecule has 1 N–H and O–H groups in total. The second kappa shape index (κ2) is 10.4. The van der Waals surface area contributed by atoms with E-state index in [1.807, 2.05) is 39.0 Å². The second-order valence-electron chi connectivity index (χ2n) is 7.83. The highest BCUT2D eigenvalue weighted by atomic mass is 32.2. The maximum absolute atomic E-state index is 13.1. The number of aromatic nitrogens is 5. The Morgan fingerprint density at radius 2 is 1.69 bits per heavy atom. The van der Waals surface area contributed by atoms with Gasteiger partial charge in [0.05, 0.1) is 11.4 Å². The van der Waals surface area contributed by atoms with Gasteiger partial charge in [-0.25, -0.2) is 14.6 Å². The minimum atomic E-state index is -4.80. The van der Waals surface area contributed by atoms with Gasteiger partial charge >= 0.3 is 6.36 Å². The topological polar surface area (TPSA) is 94.8 Å². The normalized spacial score (nSPS) is 11.4. The zero-order valence-corrected chi connectivity index (χ0v) is 20.3. The number of carbonyl (C=O) groups is 1. The molecule has 4 aromatic rings. The van der Waals surface area contributed by atoms with E-state index in [1.165, 1.54) is 40.7 Å². The molecule has 8 nitrogen and oxygen atoms in total. The summed E-state index contributed by atoms with van der Waals surface area (Å²) < 4.78 is 43.0. The van der Waals surface area contributed by atoms with E-state index in [-0.39, 0.29) is 17.2 Å². The predicted molar refractivity (Wildman–Crippen MR) is 128 cm³/mol. The number of carbonyl (C=O) groups excluding carboxylic acids is 1. The lowest BCUT2D eigenvalue weighted by Gasteiger charge is -2.11. The van der Waals surface area contributed by atoms with Gasteiger partial charge < -0.3 is 10.1 Å². The summed E-state index contributed by atoms with van der Waals surface area (Å²) in [5, 5.41) is 11.6. The summed E-state index contributed by atoms with van der Waals surface area (Å²) in [4.78, 5) is 22.0. The number of rotatable bonds is 7. The first-order valence-electron chi connectivity index (χ1n) is 10.7. The maximum Gasteiger partial charge on any atom is 0.573 e. The summed E-state index contributed by atoms with van der Waals surface area (Å²) >= 11 is 1.29. The lowest BCUT2D eigenvalue weighted by atomic mass is 10.2. The highest BCUT2D eigenvalue weighted by Gasteiger charge is 2.31. The monoisotopic (exact) mass is 514 g/mol. The summed E-state index contributed by atoms with van der Waals surface area (Å²) in [6, 6.07) is 14.3. The third-order valence-corrected chi connectivity index (χ3v) is 5.84. The molecule has 2 aromatic heterocycles. The Morgan fingerprint density at radius 1 is 1.03 bits per heavy atom. The van der Waals surface area contributed by atoms with Crippen LogP contribution in [0.3, 0.4) is 0 Å². The van der Waals surface area contributed by atoms with Gasteiger partial charge in [0, 0.05) is 22.8 Å². The number of hydrogen-bond donors (Lipinski definition) is 1. The highest BCUT2D eigenvalue weighted by molar-refractivity contribution is 7.98. The van der Waals surface area contributed by atoms with Crippen molar-refractivity contribution in [2.75, 3.05) is 5.32 Å². The first kappa shape index (κ1) is 25.2. The van der Waals surface area contributed by atoms with Gasteiger partial charge in [-0.1, -0.05) is 35.2 Å². The third-order valence-electron chi connectivity index (χ3n) is 4.99. The molecule has 2 heterocycles. The van der Waals surface area contributed by atoms with Crippen LogP contribution in [-0.2, 0) is 5.75 Å². The minimum absolute atomic E-state index is 0.0748. The van der Waals surface area contributed by atoms with Crippen LogP contribution < -0.4 is 10.1 Å². The molecule has 0 fully saturated rings. The number of halogens is 3. The molecule has 0 aliphatic carbocycles. The first-order chi connectivity index (χ1) is 17.1. The Balaban J connectivity index is 1.67. The van der Waals surface area contributed by atoms with Crippen molar-refractivity contribution in [3.63, 3.8) is 0 Å². The van der Waals surface area contributed by atoms with Gasteiger partial charge in [-0.2, -0.15) is 0 Å². The zero-order chi connectivity index (χ0) is 25.9. The number of para-hydroxylation sites is 1. The number of thioether (sulfide) groups is 1. The van der Waals surface area contributed by atoms with Crippen molar-refractivity contribution >= 4 is 23.4 Å². The van der Waals surface area contributed by atoms with E-state index in [0.717, 1.165) is 17.0 Å². The molecule has 0 bridgehead atoms. The number of alkyl halides is 3. The minimum Gasteiger partial charge on any atom is -0.406 e. The molecule has 186 valence electrons. The Morgan fingerprint density at radius 3 is 2.33 bits per heavy atom. The largest absolute Gasteiger partial charge is 0.573 e. The molecule has 0 aliphatic heterocycles. The predicted octanol–water partition coefficient (Wildman–Crippen LogP) is 5.43. The first-order valence-corrected chi connectivity index (χ1v) is 11.7. The van der Waals surface area contributed by atoms with E-state index in [1.54, 1.807) is 12.1 Å². The molecule has 0 saturated heterocycles. The lowest BCUT2D eigenvalue weighted by Crippen LogP contribution is -2.17. The van der Waals surface area contributed by atoms with Gasteiger partial charge in [0.1, 0.15) is 5.75 Å². The fraction of sp³-hybridized carbons (Fsp3) is 0.208. The van der Waals surface area contributed by atoms with Crippen LogP contribution in [0.2, 0.25) is 0 Å². The number of ether oxygens (including phenoxy) is 1. The standard InChI is InChI=1S/C24H21F3N6O2S/c1-14-6-4-5-7-19(14)30-22(34)21-20(13-36-23-28-15(2)12-16(3)29-23)33(32-31-21)17-8-10-18(11-9-17)35-24(25,26)27/h4-12H,13H2,1-3H3,(H,30,34). The molecule has 0 atom stereocenters. The zero-order valence-electron chi connectivity index (χ0n) is 19.5. The van der Waals surface area contributed by atoms with E-state index in [2.05, 4.69) is 30.3 Å². The van der Waals surface area contributed by atoms with Crippen LogP contribution in [0, 0.1) is 20.8 Å².